The normalized spacial score (nSPS) is 16.9. The summed E-state index contributed by atoms with van der Waals surface area (Å²) in [6, 6.07) is 20.7. The largest absolute Gasteiger partial charge is 0.442 e. The van der Waals surface area contributed by atoms with Gasteiger partial charge in [-0.25, -0.2) is 9.59 Å². The highest BCUT2D eigenvalue weighted by Gasteiger charge is 2.30. The maximum Gasteiger partial charge on any atom is 0.435 e. The van der Waals surface area contributed by atoms with Crippen molar-refractivity contribution in [2.24, 2.45) is 0 Å². The van der Waals surface area contributed by atoms with E-state index in [0.717, 1.165) is 31.4 Å². The van der Waals surface area contributed by atoms with Gasteiger partial charge in [0.05, 0.1) is 17.3 Å². The van der Waals surface area contributed by atoms with Crippen molar-refractivity contribution >= 4 is 28.7 Å². The second-order valence-electron chi connectivity index (χ2n) is 11.2. The molecule has 5 rings (SSSR count). The maximum atomic E-state index is 13.4. The van der Waals surface area contributed by atoms with Crippen molar-refractivity contribution in [3.63, 3.8) is 0 Å². The average molecular weight is 541 g/mol. The van der Waals surface area contributed by atoms with Crippen molar-refractivity contribution in [2.75, 3.05) is 18.9 Å². The van der Waals surface area contributed by atoms with Gasteiger partial charge in [0.15, 0.2) is 0 Å². The van der Waals surface area contributed by atoms with Gasteiger partial charge in [0, 0.05) is 23.3 Å². The average Bonchev–Trinajstić information content (AvgIpc) is 3.31. The number of pyridine rings is 1. The molecule has 2 amide bonds. The summed E-state index contributed by atoms with van der Waals surface area (Å²) >= 11 is 0. The van der Waals surface area contributed by atoms with Crippen molar-refractivity contribution in [1.82, 2.24) is 25.0 Å². The molecule has 2 N–H and O–H groups in total. The van der Waals surface area contributed by atoms with E-state index in [0.29, 0.717) is 28.0 Å². The zero-order valence-electron chi connectivity index (χ0n) is 23.4. The summed E-state index contributed by atoms with van der Waals surface area (Å²) in [4.78, 5) is 33.1. The molecule has 0 bridgehead atoms. The van der Waals surface area contributed by atoms with Crippen molar-refractivity contribution in [2.45, 2.75) is 57.7 Å². The first kappa shape index (κ1) is 27.3. The summed E-state index contributed by atoms with van der Waals surface area (Å²) in [5.74, 6) is 0. The van der Waals surface area contributed by atoms with Crippen LogP contribution in [0.15, 0.2) is 72.9 Å². The third kappa shape index (κ3) is 6.15. The molecule has 1 saturated heterocycles. The fourth-order valence-electron chi connectivity index (χ4n) is 5.22. The molecule has 0 spiro atoms. The number of fused-ring (bicyclic) bond motifs is 1. The molecule has 9 nitrogen and oxygen atoms in total. The minimum Gasteiger partial charge on any atom is -0.442 e. The molecular formula is C31H36N6O3. The number of likely N-dealkylation sites (tertiary alicyclic amines) is 1. The molecule has 1 fully saturated rings. The number of ether oxygens (including phenoxy) is 1. The number of hydrogen-bond acceptors (Lipinski definition) is 6. The Bertz CT molecular complexity index is 1480. The van der Waals surface area contributed by atoms with Crippen molar-refractivity contribution in [3.8, 4) is 11.4 Å². The predicted octanol–water partition coefficient (Wildman–Crippen LogP) is 6.23. The Kier molecular flexibility index (Phi) is 7.84. The number of anilines is 1. The van der Waals surface area contributed by atoms with Crippen molar-refractivity contribution < 1.29 is 14.3 Å². The van der Waals surface area contributed by atoms with Crippen LogP contribution in [0.2, 0.25) is 0 Å². The molecule has 2 unspecified atom stereocenters. The quantitative estimate of drug-likeness (QED) is 0.311. The number of rotatable bonds is 5. The van der Waals surface area contributed by atoms with Crippen LogP contribution in [-0.2, 0) is 4.74 Å². The van der Waals surface area contributed by atoms with Gasteiger partial charge in [0.1, 0.15) is 11.3 Å². The molecular weight excluding hydrogens is 504 g/mol. The Hall–Kier alpha value is -4.24. The van der Waals surface area contributed by atoms with Gasteiger partial charge in [-0.2, -0.15) is 9.78 Å². The van der Waals surface area contributed by atoms with Gasteiger partial charge in [0.2, 0.25) is 0 Å². The molecule has 9 heteroatoms. The molecule has 1 aliphatic heterocycles. The lowest BCUT2D eigenvalue weighted by molar-refractivity contribution is 0.0523. The number of nitrogens with zero attached hydrogens (tertiary/aromatic N) is 4. The number of nitrogens with one attached hydrogen (secondary N) is 2. The number of hydrogen-bond donors (Lipinski definition) is 2. The van der Waals surface area contributed by atoms with Crippen molar-refractivity contribution in [3.05, 3.63) is 78.5 Å². The molecule has 208 valence electrons. The molecule has 2 aromatic heterocycles. The molecule has 3 heterocycles. The van der Waals surface area contributed by atoms with Crippen LogP contribution in [-0.4, -0.2) is 57.0 Å². The number of aromatic nitrogens is 3. The predicted molar refractivity (Wildman–Crippen MR) is 156 cm³/mol. The van der Waals surface area contributed by atoms with Gasteiger partial charge >= 0.3 is 12.1 Å². The molecule has 2 atom stereocenters. The lowest BCUT2D eigenvalue weighted by Gasteiger charge is -2.38. The van der Waals surface area contributed by atoms with Gasteiger partial charge in [-0.1, -0.05) is 42.8 Å². The van der Waals surface area contributed by atoms with Crippen LogP contribution in [0.3, 0.4) is 0 Å². The van der Waals surface area contributed by atoms with Gasteiger partial charge in [-0.15, -0.1) is 0 Å². The Labute approximate surface area is 234 Å². The van der Waals surface area contributed by atoms with Crippen LogP contribution in [0.5, 0.6) is 0 Å². The number of urea groups is 1. The number of carbonyl (C=O) groups excluding carboxylic acids is 2. The monoisotopic (exact) mass is 540 g/mol. The summed E-state index contributed by atoms with van der Waals surface area (Å²) in [6.07, 6.45) is 4.40. The third-order valence-corrected chi connectivity index (χ3v) is 7.07. The highest BCUT2D eigenvalue weighted by Crippen LogP contribution is 2.31. The lowest BCUT2D eigenvalue weighted by atomic mass is 9.91. The molecule has 4 aromatic rings. The van der Waals surface area contributed by atoms with E-state index in [9.17, 15) is 9.59 Å². The van der Waals surface area contributed by atoms with E-state index in [1.54, 1.807) is 18.3 Å². The summed E-state index contributed by atoms with van der Waals surface area (Å²) < 4.78 is 6.83. The SMILES string of the molecule is CN1CCCCC1C(NC(=O)Nc1ccc2c(c1)c(-c1ccccn1)nn2C(=O)OC(C)(C)C)c1ccccc1. The van der Waals surface area contributed by atoms with E-state index < -0.39 is 11.7 Å². The summed E-state index contributed by atoms with van der Waals surface area (Å²) in [5.41, 5.74) is 2.67. The molecule has 1 aliphatic rings. The topological polar surface area (TPSA) is 101 Å². The van der Waals surface area contributed by atoms with Crippen LogP contribution in [0.25, 0.3) is 22.3 Å². The van der Waals surface area contributed by atoms with E-state index >= 15 is 0 Å². The van der Waals surface area contributed by atoms with Crippen molar-refractivity contribution in [1.29, 1.82) is 0 Å². The van der Waals surface area contributed by atoms with Gasteiger partial charge in [-0.05, 0) is 83.1 Å². The minimum absolute atomic E-state index is 0.158. The minimum atomic E-state index is -0.679. The van der Waals surface area contributed by atoms with E-state index in [2.05, 4.69) is 44.8 Å². The van der Waals surface area contributed by atoms with Gasteiger partial charge < -0.3 is 20.3 Å². The molecule has 0 saturated carbocycles. The van der Waals surface area contributed by atoms with Gasteiger partial charge in [-0.3, -0.25) is 4.98 Å². The zero-order chi connectivity index (χ0) is 28.3. The highest BCUT2D eigenvalue weighted by atomic mass is 16.6. The Morgan fingerprint density at radius 2 is 1.80 bits per heavy atom. The van der Waals surface area contributed by atoms with Gasteiger partial charge in [0.25, 0.3) is 0 Å². The number of benzene rings is 2. The molecule has 40 heavy (non-hydrogen) atoms. The summed E-state index contributed by atoms with van der Waals surface area (Å²) in [7, 11) is 2.12. The van der Waals surface area contributed by atoms with E-state index in [1.807, 2.05) is 63.2 Å². The zero-order valence-corrected chi connectivity index (χ0v) is 23.4. The van der Waals surface area contributed by atoms with Crippen LogP contribution < -0.4 is 10.6 Å². The first-order valence-electron chi connectivity index (χ1n) is 13.7. The maximum absolute atomic E-state index is 13.4. The van der Waals surface area contributed by atoms with Crippen LogP contribution in [0.1, 0.15) is 51.6 Å². The third-order valence-electron chi connectivity index (χ3n) is 7.07. The van der Waals surface area contributed by atoms with E-state index in [1.165, 1.54) is 4.68 Å². The Balaban J connectivity index is 1.44. The number of carbonyl (C=O) groups is 2. The van der Waals surface area contributed by atoms with Crippen LogP contribution in [0.4, 0.5) is 15.3 Å². The first-order chi connectivity index (χ1) is 19.2. The fourth-order valence-corrected chi connectivity index (χ4v) is 5.22. The second-order valence-corrected chi connectivity index (χ2v) is 11.2. The number of likely N-dealkylation sites (N-methyl/N-ethyl adjacent to an activating group) is 1. The van der Waals surface area contributed by atoms with E-state index in [4.69, 9.17) is 4.74 Å². The van der Waals surface area contributed by atoms with E-state index in [-0.39, 0.29) is 18.1 Å². The lowest BCUT2D eigenvalue weighted by Crippen LogP contribution is -2.47. The van der Waals surface area contributed by atoms with Crippen LogP contribution >= 0.6 is 0 Å². The summed E-state index contributed by atoms with van der Waals surface area (Å²) in [6.45, 7) is 6.44. The summed E-state index contributed by atoms with van der Waals surface area (Å²) in [5, 5.41) is 11.5. The number of amides is 2. The first-order valence-corrected chi connectivity index (χ1v) is 13.7. The Morgan fingerprint density at radius 1 is 1.02 bits per heavy atom. The second kappa shape index (κ2) is 11.5. The standard InChI is InChI=1S/C31H36N6O3/c1-31(2,3)40-30(39)37-25-17-16-22(20-23(25)28(35-37)24-14-8-10-18-32-24)33-29(38)34-27(21-12-6-5-7-13-21)26-15-9-11-19-36(26)4/h5-8,10,12-14,16-18,20,26-27H,9,11,15,19H2,1-4H3,(H2,33,34,38). The number of piperidine rings is 1. The molecule has 2 aromatic carbocycles. The Morgan fingerprint density at radius 3 is 2.50 bits per heavy atom. The molecule has 0 aliphatic carbocycles. The fraction of sp³-hybridized carbons (Fsp3) is 0.355. The van der Waals surface area contributed by atoms with Crippen LogP contribution in [0, 0.1) is 0 Å². The smallest absolute Gasteiger partial charge is 0.435 e. The molecule has 0 radical (unpaired) electrons. The highest BCUT2D eigenvalue weighted by molar-refractivity contribution is 6.00.